The van der Waals surface area contributed by atoms with Crippen LogP contribution in [0.5, 0.6) is 0 Å². The molecule has 0 amide bonds. The summed E-state index contributed by atoms with van der Waals surface area (Å²) in [4.78, 5) is 8.99. The van der Waals surface area contributed by atoms with Crippen LogP contribution in [0.15, 0.2) is 5.18 Å². The summed E-state index contributed by atoms with van der Waals surface area (Å²) in [6, 6.07) is 0. The van der Waals surface area contributed by atoms with Gasteiger partial charge in [-0.3, -0.25) is 0 Å². The quantitative estimate of drug-likeness (QED) is 0.378. The molecule has 0 radical (unpaired) electrons. The lowest BCUT2D eigenvalue weighted by Gasteiger charge is -1.64. The Labute approximate surface area is 46.3 Å². The van der Waals surface area contributed by atoms with Gasteiger partial charge in [-0.25, -0.2) is 0 Å². The molecule has 2 N–H and O–H groups in total. The number of halogens is 1. The van der Waals surface area contributed by atoms with Crippen molar-refractivity contribution in [3.63, 3.8) is 0 Å². The Bertz CT molecular complexity index is 64.6. The molecule has 0 saturated carbocycles. The van der Waals surface area contributed by atoms with Gasteiger partial charge in [0.1, 0.15) is 0 Å². The van der Waals surface area contributed by atoms with Crippen LogP contribution < -0.4 is 5.73 Å². The molecule has 0 fully saturated rings. The number of nitroso groups, excluding NO2 is 1. The van der Waals surface area contributed by atoms with Crippen molar-refractivity contribution < 1.29 is 0 Å². The standard InChI is InChI=1S/CH2N2OS.ClH/c2-1(5)3-4;/h(H2,2,5);1H. The van der Waals surface area contributed by atoms with E-state index in [1.54, 1.807) is 0 Å². The fraction of sp³-hybridized carbons (Fsp3) is 0. The van der Waals surface area contributed by atoms with Crippen LogP contribution in [-0.2, 0) is 0 Å². The van der Waals surface area contributed by atoms with Crippen LogP contribution in [0.2, 0.25) is 0 Å². The molecule has 0 aliphatic rings. The van der Waals surface area contributed by atoms with Crippen LogP contribution in [0.25, 0.3) is 0 Å². The molecule has 0 rings (SSSR count). The number of hydrogen-bond donors (Lipinski definition) is 1. The van der Waals surface area contributed by atoms with E-state index in [0.29, 0.717) is 0 Å². The van der Waals surface area contributed by atoms with Crippen molar-refractivity contribution in [1.29, 1.82) is 0 Å². The highest BCUT2D eigenvalue weighted by Gasteiger charge is 1.70. The van der Waals surface area contributed by atoms with Gasteiger partial charge in [0.05, 0.1) is 0 Å². The average Bonchev–Trinajstić information content (AvgIpc) is 1.38. The lowest BCUT2D eigenvalue weighted by molar-refractivity contribution is 1.60. The molecular weight excluding hydrogens is 124 g/mol. The Hall–Kier alpha value is -0.220. The van der Waals surface area contributed by atoms with Gasteiger partial charge in [-0.1, -0.05) is 0 Å². The Balaban J connectivity index is 0. The fourth-order valence-corrected chi connectivity index (χ4v) is 0. The molecular formula is CH3ClN2OS. The molecule has 6 heavy (non-hydrogen) atoms. The fourth-order valence-electron chi connectivity index (χ4n) is 0. The van der Waals surface area contributed by atoms with Crippen LogP contribution in [0, 0.1) is 4.91 Å². The first-order valence-electron chi connectivity index (χ1n) is 0.899. The van der Waals surface area contributed by atoms with Crippen molar-refractivity contribution in [3.8, 4) is 0 Å². The second-order valence-electron chi connectivity index (χ2n) is 0.430. The van der Waals surface area contributed by atoms with Gasteiger partial charge in [0.15, 0.2) is 0 Å². The molecule has 0 aromatic rings. The third-order valence-corrected chi connectivity index (χ3v) is 0.165. The van der Waals surface area contributed by atoms with Crippen molar-refractivity contribution in [3.05, 3.63) is 4.91 Å². The van der Waals surface area contributed by atoms with E-state index < -0.39 is 0 Å². The number of nitrogens with two attached hydrogens (primary N) is 1. The van der Waals surface area contributed by atoms with Crippen LogP contribution in [0.3, 0.4) is 0 Å². The summed E-state index contributed by atoms with van der Waals surface area (Å²) in [5, 5.41) is 1.81. The normalized spacial score (nSPS) is 5.33. The molecule has 36 valence electrons. The van der Waals surface area contributed by atoms with Gasteiger partial charge in [-0.15, -0.1) is 17.3 Å². The van der Waals surface area contributed by atoms with Crippen LogP contribution in [0.4, 0.5) is 0 Å². The minimum atomic E-state index is -0.343. The summed E-state index contributed by atoms with van der Waals surface area (Å²) in [6.07, 6.45) is 0. The van der Waals surface area contributed by atoms with E-state index in [0.717, 1.165) is 0 Å². The SMILES string of the molecule is Cl.NC(=S)N=O. The minimum Gasteiger partial charge on any atom is -0.372 e. The zero-order valence-corrected chi connectivity index (χ0v) is 4.38. The molecule has 0 heterocycles. The van der Waals surface area contributed by atoms with E-state index in [4.69, 9.17) is 4.91 Å². The van der Waals surface area contributed by atoms with Crippen LogP contribution >= 0.6 is 24.6 Å². The number of nitrogens with zero attached hydrogens (tertiary/aromatic N) is 1. The van der Waals surface area contributed by atoms with Crippen molar-refractivity contribution in [2.24, 2.45) is 10.9 Å². The van der Waals surface area contributed by atoms with Crippen molar-refractivity contribution in [2.75, 3.05) is 0 Å². The summed E-state index contributed by atoms with van der Waals surface area (Å²) >= 11 is 4.00. The lowest BCUT2D eigenvalue weighted by atomic mass is 11.2. The van der Waals surface area contributed by atoms with E-state index in [2.05, 4.69) is 23.1 Å². The first-order chi connectivity index (χ1) is 2.27. The van der Waals surface area contributed by atoms with E-state index in [9.17, 15) is 0 Å². The highest BCUT2D eigenvalue weighted by atomic mass is 35.5. The topological polar surface area (TPSA) is 55.4 Å². The van der Waals surface area contributed by atoms with Gasteiger partial charge < -0.3 is 5.73 Å². The lowest BCUT2D eigenvalue weighted by Crippen LogP contribution is -2.00. The molecule has 0 aliphatic carbocycles. The molecule has 3 nitrogen and oxygen atoms in total. The van der Waals surface area contributed by atoms with Gasteiger partial charge in [-0.2, -0.15) is 0 Å². The zero-order valence-electron chi connectivity index (χ0n) is 2.75. The van der Waals surface area contributed by atoms with Crippen molar-refractivity contribution in [2.45, 2.75) is 0 Å². The van der Waals surface area contributed by atoms with Crippen LogP contribution in [-0.4, -0.2) is 5.11 Å². The van der Waals surface area contributed by atoms with Crippen molar-refractivity contribution in [1.82, 2.24) is 0 Å². The highest BCUT2D eigenvalue weighted by molar-refractivity contribution is 7.80. The van der Waals surface area contributed by atoms with E-state index in [1.807, 2.05) is 0 Å². The van der Waals surface area contributed by atoms with E-state index >= 15 is 0 Å². The predicted molar refractivity (Wildman–Crippen MR) is 29.8 cm³/mol. The van der Waals surface area contributed by atoms with Gasteiger partial charge in [-0.05, 0) is 17.4 Å². The second-order valence-corrected chi connectivity index (χ2v) is 0.848. The number of hydrogen-bond acceptors (Lipinski definition) is 2. The third kappa shape index (κ3) is 9.22. The highest BCUT2D eigenvalue weighted by Crippen LogP contribution is 1.58. The van der Waals surface area contributed by atoms with E-state index in [1.165, 1.54) is 0 Å². The number of thiocarbonyl (C=S) groups is 1. The smallest absolute Gasteiger partial charge is 0.233 e. The Kier molecular flexibility index (Phi) is 7.36. The summed E-state index contributed by atoms with van der Waals surface area (Å²) in [7, 11) is 0. The van der Waals surface area contributed by atoms with Gasteiger partial charge in [0.25, 0.3) is 0 Å². The van der Waals surface area contributed by atoms with Crippen molar-refractivity contribution >= 4 is 29.7 Å². The second kappa shape index (κ2) is 4.78. The van der Waals surface area contributed by atoms with E-state index in [-0.39, 0.29) is 17.5 Å². The molecule has 0 bridgehead atoms. The number of rotatable bonds is 0. The van der Waals surface area contributed by atoms with Gasteiger partial charge in [0, 0.05) is 0 Å². The maximum Gasteiger partial charge on any atom is 0.233 e. The monoisotopic (exact) mass is 126 g/mol. The molecule has 0 aromatic carbocycles. The summed E-state index contributed by atoms with van der Waals surface area (Å²) < 4.78 is 0. The zero-order chi connectivity index (χ0) is 4.28. The molecule has 0 aliphatic heterocycles. The maximum absolute atomic E-state index is 8.99. The Morgan fingerprint density at radius 1 is 1.83 bits per heavy atom. The summed E-state index contributed by atoms with van der Waals surface area (Å²) in [5.41, 5.74) is 4.54. The molecule has 0 aromatic heterocycles. The van der Waals surface area contributed by atoms with Crippen LogP contribution in [0.1, 0.15) is 0 Å². The van der Waals surface area contributed by atoms with Gasteiger partial charge >= 0.3 is 0 Å². The molecule has 5 heteroatoms. The minimum absolute atomic E-state index is 0. The first-order valence-corrected chi connectivity index (χ1v) is 1.31. The first kappa shape index (κ1) is 9.24. The Morgan fingerprint density at radius 3 is 2.00 bits per heavy atom. The largest absolute Gasteiger partial charge is 0.372 e. The summed E-state index contributed by atoms with van der Waals surface area (Å²) in [5.74, 6) is 0. The third-order valence-electron chi connectivity index (χ3n) is 0.0900. The Morgan fingerprint density at radius 2 is 2.00 bits per heavy atom. The molecule has 0 unspecified atom stereocenters. The summed E-state index contributed by atoms with van der Waals surface area (Å²) in [6.45, 7) is 0. The predicted octanol–water partition coefficient (Wildman–Crippen LogP) is 0.418. The molecule has 0 atom stereocenters. The molecule has 0 saturated heterocycles. The molecule has 0 spiro atoms. The van der Waals surface area contributed by atoms with Gasteiger partial charge in [0.2, 0.25) is 5.11 Å². The average molecular weight is 127 g/mol. The maximum atomic E-state index is 8.99.